The van der Waals surface area contributed by atoms with Crippen LogP contribution < -0.4 is 16.6 Å². The van der Waals surface area contributed by atoms with Crippen molar-refractivity contribution in [1.82, 2.24) is 19.2 Å². The van der Waals surface area contributed by atoms with Gasteiger partial charge in [0.15, 0.2) is 5.65 Å². The highest BCUT2D eigenvalue weighted by Crippen LogP contribution is 2.26. The number of methoxy groups -OCH3 is 1. The molecule has 0 aliphatic rings. The van der Waals surface area contributed by atoms with Crippen LogP contribution in [0.4, 0.5) is 11.6 Å². The molecule has 0 saturated heterocycles. The van der Waals surface area contributed by atoms with Gasteiger partial charge in [0, 0.05) is 44.1 Å². The van der Waals surface area contributed by atoms with Gasteiger partial charge in [0.2, 0.25) is 0 Å². The summed E-state index contributed by atoms with van der Waals surface area (Å²) in [4.78, 5) is 17.4. The second-order valence-electron chi connectivity index (χ2n) is 7.65. The summed E-state index contributed by atoms with van der Waals surface area (Å²) in [7, 11) is 1.65. The summed E-state index contributed by atoms with van der Waals surface area (Å²) >= 11 is 0. The minimum atomic E-state index is -0.0116. The zero-order valence-corrected chi connectivity index (χ0v) is 19.0. The average Bonchev–Trinajstić information content (AvgIpc) is 3.14. The van der Waals surface area contributed by atoms with E-state index in [4.69, 9.17) is 15.5 Å². The number of aromatic nitrogens is 4. The molecule has 3 rings (SSSR count). The molecule has 0 aliphatic heterocycles. The minimum absolute atomic E-state index is 0.0116. The Morgan fingerprint density at radius 1 is 1.31 bits per heavy atom. The summed E-state index contributed by atoms with van der Waals surface area (Å²) in [5.41, 5.74) is 9.93. The summed E-state index contributed by atoms with van der Waals surface area (Å²) in [6.45, 7) is 5.83. The first kappa shape index (κ1) is 23.3. The van der Waals surface area contributed by atoms with Crippen LogP contribution in [0.15, 0.2) is 23.1 Å². The first-order valence-corrected chi connectivity index (χ1v) is 11.1. The van der Waals surface area contributed by atoms with Crippen LogP contribution in [0.25, 0.3) is 5.65 Å². The Kier molecular flexibility index (Phi) is 7.84. The highest BCUT2D eigenvalue weighted by molar-refractivity contribution is 5.69. The van der Waals surface area contributed by atoms with E-state index in [1.54, 1.807) is 22.4 Å². The number of nitrogens with one attached hydrogen (secondary N) is 1. The number of nitrogens with zero attached hydrogens (tertiary/aromatic N) is 5. The molecule has 0 atom stereocenters. The van der Waals surface area contributed by atoms with Gasteiger partial charge in [-0.1, -0.05) is 26.3 Å². The molecule has 9 nitrogen and oxygen atoms in total. The quantitative estimate of drug-likeness (QED) is 0.442. The maximum absolute atomic E-state index is 12.7. The molecule has 0 amide bonds. The third kappa shape index (κ3) is 4.75. The molecule has 170 valence electrons. The molecule has 3 aromatic rings. The molecule has 0 saturated carbocycles. The Morgan fingerprint density at radius 3 is 2.81 bits per heavy atom. The number of anilines is 2. The smallest absolute Gasteiger partial charge is 0.253 e. The zero-order chi connectivity index (χ0) is 23.1. The van der Waals surface area contributed by atoms with Crippen LogP contribution in [0, 0.1) is 11.3 Å². The molecule has 32 heavy (non-hydrogen) atoms. The van der Waals surface area contributed by atoms with Gasteiger partial charge in [-0.05, 0) is 31.7 Å². The number of nitriles is 1. The van der Waals surface area contributed by atoms with Crippen LogP contribution in [0.1, 0.15) is 49.1 Å². The molecule has 0 spiro atoms. The first-order valence-electron chi connectivity index (χ1n) is 11.1. The number of pyridine rings is 1. The Bertz CT molecular complexity index is 1170. The van der Waals surface area contributed by atoms with Crippen LogP contribution in [-0.2, 0) is 30.5 Å². The van der Waals surface area contributed by atoms with Crippen molar-refractivity contribution < 1.29 is 4.74 Å². The summed E-state index contributed by atoms with van der Waals surface area (Å²) in [5.74, 6) is 0.700. The highest BCUT2D eigenvalue weighted by atomic mass is 16.5. The van der Waals surface area contributed by atoms with Gasteiger partial charge in [-0.3, -0.25) is 4.79 Å². The molecular weight excluding hydrogens is 406 g/mol. The average molecular weight is 438 g/mol. The van der Waals surface area contributed by atoms with Crippen molar-refractivity contribution in [3.05, 3.63) is 51.1 Å². The van der Waals surface area contributed by atoms with Crippen LogP contribution >= 0.6 is 0 Å². The van der Waals surface area contributed by atoms with E-state index in [2.05, 4.69) is 23.4 Å². The Balaban J connectivity index is 1.84. The largest absolute Gasteiger partial charge is 0.385 e. The molecule has 0 bridgehead atoms. The molecule has 3 N–H and O–H groups in total. The van der Waals surface area contributed by atoms with Gasteiger partial charge in [0.05, 0.1) is 5.69 Å². The fourth-order valence-corrected chi connectivity index (χ4v) is 3.83. The van der Waals surface area contributed by atoms with E-state index in [0.717, 1.165) is 36.9 Å². The monoisotopic (exact) mass is 437 g/mol. The van der Waals surface area contributed by atoms with Crippen molar-refractivity contribution in [2.75, 3.05) is 31.3 Å². The Labute approximate surface area is 187 Å². The fraction of sp³-hybridized carbons (Fsp3) is 0.478. The van der Waals surface area contributed by atoms with Gasteiger partial charge in [-0.15, -0.1) is 0 Å². The van der Waals surface area contributed by atoms with Crippen molar-refractivity contribution >= 4 is 17.3 Å². The number of fused-ring (bicyclic) bond motifs is 1. The number of nitrogens with two attached hydrogens (primary N) is 1. The van der Waals surface area contributed by atoms with E-state index in [0.29, 0.717) is 43.1 Å². The van der Waals surface area contributed by atoms with Gasteiger partial charge >= 0.3 is 0 Å². The number of aryl methyl sites for hydroxylation is 3. The lowest BCUT2D eigenvalue weighted by molar-refractivity contribution is 0.190. The second kappa shape index (κ2) is 10.8. The lowest BCUT2D eigenvalue weighted by Crippen LogP contribution is -2.25. The minimum Gasteiger partial charge on any atom is -0.385 e. The van der Waals surface area contributed by atoms with Gasteiger partial charge in [-0.25, -0.2) is 4.98 Å². The molecule has 0 fully saturated rings. The fourth-order valence-electron chi connectivity index (χ4n) is 3.83. The van der Waals surface area contributed by atoms with E-state index in [-0.39, 0.29) is 16.9 Å². The summed E-state index contributed by atoms with van der Waals surface area (Å²) in [5, 5.41) is 17.5. The molecule has 0 unspecified atom stereocenters. The summed E-state index contributed by atoms with van der Waals surface area (Å²) < 4.78 is 8.34. The number of nitrogen functional groups attached to an aromatic ring is 1. The summed E-state index contributed by atoms with van der Waals surface area (Å²) in [6, 6.07) is 5.85. The standard InChI is InChI=1S/C23H31N7O2/c1-4-8-17-19(5-2)28-30-20(25)18(15-24)21(27-22(17)30)26-11-10-16-9-6-12-29(23(16)31)13-7-14-32-3/h6,9,12H,4-5,7-8,10-11,13-14,25H2,1-3H3,(H,26,27). The van der Waals surface area contributed by atoms with Gasteiger partial charge in [0.1, 0.15) is 23.3 Å². The van der Waals surface area contributed by atoms with E-state index < -0.39 is 0 Å². The summed E-state index contributed by atoms with van der Waals surface area (Å²) in [6.07, 6.45) is 5.65. The normalized spacial score (nSPS) is 11.1. The van der Waals surface area contributed by atoms with E-state index in [9.17, 15) is 10.1 Å². The predicted octanol–water partition coefficient (Wildman–Crippen LogP) is 2.55. The van der Waals surface area contributed by atoms with Crippen molar-refractivity contribution in [3.63, 3.8) is 0 Å². The zero-order valence-electron chi connectivity index (χ0n) is 19.0. The number of ether oxygens (including phenoxy) is 1. The van der Waals surface area contributed by atoms with E-state index in [1.807, 2.05) is 19.1 Å². The SMILES string of the molecule is CCCc1c(CC)nn2c(N)c(C#N)c(NCCc3cccn(CCCOC)c3=O)nc12. The predicted molar refractivity (Wildman–Crippen MR) is 125 cm³/mol. The van der Waals surface area contributed by atoms with Crippen molar-refractivity contribution in [2.45, 2.75) is 52.5 Å². The molecular formula is C23H31N7O2. The third-order valence-electron chi connectivity index (χ3n) is 5.46. The van der Waals surface area contributed by atoms with Crippen molar-refractivity contribution in [2.24, 2.45) is 0 Å². The molecule has 0 aliphatic carbocycles. The maximum atomic E-state index is 12.7. The van der Waals surface area contributed by atoms with Crippen molar-refractivity contribution in [1.29, 1.82) is 5.26 Å². The second-order valence-corrected chi connectivity index (χ2v) is 7.65. The molecule has 9 heteroatoms. The molecule has 3 heterocycles. The van der Waals surface area contributed by atoms with Crippen LogP contribution in [-0.4, -0.2) is 39.4 Å². The third-order valence-corrected chi connectivity index (χ3v) is 5.46. The number of rotatable bonds is 11. The Hall–Kier alpha value is -3.38. The van der Waals surface area contributed by atoms with Crippen LogP contribution in [0.3, 0.4) is 0 Å². The molecule has 0 aromatic carbocycles. The van der Waals surface area contributed by atoms with Gasteiger partial charge in [0.25, 0.3) is 5.56 Å². The van der Waals surface area contributed by atoms with Gasteiger partial charge < -0.3 is 20.4 Å². The molecule has 0 radical (unpaired) electrons. The van der Waals surface area contributed by atoms with E-state index in [1.165, 1.54) is 0 Å². The Morgan fingerprint density at radius 2 is 2.12 bits per heavy atom. The number of hydrogen-bond acceptors (Lipinski definition) is 7. The van der Waals surface area contributed by atoms with Gasteiger partial charge in [-0.2, -0.15) is 14.9 Å². The van der Waals surface area contributed by atoms with E-state index >= 15 is 0 Å². The molecule has 3 aromatic heterocycles. The first-order chi connectivity index (χ1) is 15.5. The number of hydrogen-bond donors (Lipinski definition) is 2. The van der Waals surface area contributed by atoms with Crippen molar-refractivity contribution in [3.8, 4) is 6.07 Å². The maximum Gasteiger partial charge on any atom is 0.253 e. The van der Waals surface area contributed by atoms with Crippen LogP contribution in [0.2, 0.25) is 0 Å². The lowest BCUT2D eigenvalue weighted by atomic mass is 10.1. The highest BCUT2D eigenvalue weighted by Gasteiger charge is 2.19. The topological polar surface area (TPSA) is 123 Å². The van der Waals surface area contributed by atoms with Crippen LogP contribution in [0.5, 0.6) is 0 Å². The lowest BCUT2D eigenvalue weighted by Gasteiger charge is -2.11.